The van der Waals surface area contributed by atoms with E-state index in [1.165, 1.54) is 12.1 Å². The zero-order valence-corrected chi connectivity index (χ0v) is 10.1. The largest absolute Gasteiger partial charge is 0.430 e. The molecule has 0 aromatic carbocycles. The van der Waals surface area contributed by atoms with Gasteiger partial charge in [-0.3, -0.25) is 4.79 Å². The molecule has 5 heteroatoms. The van der Waals surface area contributed by atoms with E-state index in [-0.39, 0.29) is 11.9 Å². The van der Waals surface area contributed by atoms with E-state index in [2.05, 4.69) is 9.73 Å². The topological polar surface area (TPSA) is 79.5 Å². The molecule has 1 heterocycles. The van der Waals surface area contributed by atoms with E-state index in [0.29, 0.717) is 5.56 Å². The monoisotopic (exact) mass is 251 g/mol. The SMILES string of the molecule is O=C(NC1CCCCCC1O)c1ccc(=O)oc1. The lowest BCUT2D eigenvalue weighted by Gasteiger charge is -2.21. The third-order valence-corrected chi connectivity index (χ3v) is 3.26. The van der Waals surface area contributed by atoms with E-state index in [1.807, 2.05) is 0 Å². The average Bonchev–Trinajstić information content (AvgIpc) is 2.56. The molecule has 2 rings (SSSR count). The van der Waals surface area contributed by atoms with E-state index < -0.39 is 11.7 Å². The number of hydrogen-bond acceptors (Lipinski definition) is 4. The summed E-state index contributed by atoms with van der Waals surface area (Å²) in [5.41, 5.74) is -0.188. The van der Waals surface area contributed by atoms with Crippen LogP contribution in [0.4, 0.5) is 0 Å². The zero-order valence-electron chi connectivity index (χ0n) is 10.1. The molecular weight excluding hydrogens is 234 g/mol. The number of carbonyl (C=O) groups excluding carboxylic acids is 1. The van der Waals surface area contributed by atoms with Crippen molar-refractivity contribution in [2.45, 2.75) is 44.2 Å². The molecule has 18 heavy (non-hydrogen) atoms. The van der Waals surface area contributed by atoms with Crippen molar-refractivity contribution in [3.63, 3.8) is 0 Å². The van der Waals surface area contributed by atoms with E-state index in [0.717, 1.165) is 38.4 Å². The number of aliphatic hydroxyl groups is 1. The fraction of sp³-hybridized carbons (Fsp3) is 0.538. The van der Waals surface area contributed by atoms with Crippen LogP contribution in [0, 0.1) is 0 Å². The van der Waals surface area contributed by atoms with Crippen LogP contribution in [0.5, 0.6) is 0 Å². The number of amides is 1. The van der Waals surface area contributed by atoms with Gasteiger partial charge in [0.25, 0.3) is 5.91 Å². The van der Waals surface area contributed by atoms with Crippen LogP contribution in [0.25, 0.3) is 0 Å². The van der Waals surface area contributed by atoms with Crippen molar-refractivity contribution in [1.29, 1.82) is 0 Å². The first-order chi connectivity index (χ1) is 8.66. The average molecular weight is 251 g/mol. The highest BCUT2D eigenvalue weighted by molar-refractivity contribution is 5.93. The summed E-state index contributed by atoms with van der Waals surface area (Å²) in [6.45, 7) is 0. The second kappa shape index (κ2) is 5.82. The van der Waals surface area contributed by atoms with E-state index in [1.54, 1.807) is 0 Å². The molecule has 0 radical (unpaired) electrons. The molecule has 2 unspecified atom stereocenters. The molecule has 2 N–H and O–H groups in total. The quantitative estimate of drug-likeness (QED) is 0.770. The van der Waals surface area contributed by atoms with Crippen molar-refractivity contribution >= 4 is 5.91 Å². The summed E-state index contributed by atoms with van der Waals surface area (Å²) in [6, 6.07) is 2.41. The molecule has 0 spiro atoms. The molecule has 5 nitrogen and oxygen atoms in total. The molecule has 2 atom stereocenters. The maximum Gasteiger partial charge on any atom is 0.335 e. The highest BCUT2D eigenvalue weighted by Crippen LogP contribution is 2.18. The number of aliphatic hydroxyl groups excluding tert-OH is 1. The molecule has 98 valence electrons. The second-order valence-corrected chi connectivity index (χ2v) is 4.63. The van der Waals surface area contributed by atoms with Gasteiger partial charge < -0.3 is 14.8 Å². The van der Waals surface area contributed by atoms with Crippen LogP contribution in [0.2, 0.25) is 0 Å². The maximum absolute atomic E-state index is 11.9. The molecule has 0 saturated heterocycles. The third kappa shape index (κ3) is 3.20. The first kappa shape index (κ1) is 12.8. The summed E-state index contributed by atoms with van der Waals surface area (Å²) < 4.78 is 4.64. The predicted molar refractivity (Wildman–Crippen MR) is 65.3 cm³/mol. The second-order valence-electron chi connectivity index (χ2n) is 4.63. The molecule has 1 aliphatic carbocycles. The summed E-state index contributed by atoms with van der Waals surface area (Å²) in [5.74, 6) is -0.315. The Morgan fingerprint density at radius 3 is 2.78 bits per heavy atom. The van der Waals surface area contributed by atoms with Gasteiger partial charge in [-0.05, 0) is 18.9 Å². The van der Waals surface area contributed by atoms with Crippen molar-refractivity contribution in [2.75, 3.05) is 0 Å². The van der Waals surface area contributed by atoms with Crippen molar-refractivity contribution in [3.8, 4) is 0 Å². The van der Waals surface area contributed by atoms with Gasteiger partial charge in [0.2, 0.25) is 0 Å². The van der Waals surface area contributed by atoms with Crippen molar-refractivity contribution in [2.24, 2.45) is 0 Å². The van der Waals surface area contributed by atoms with Gasteiger partial charge in [0.05, 0.1) is 17.7 Å². The summed E-state index contributed by atoms with van der Waals surface area (Å²) in [7, 11) is 0. The van der Waals surface area contributed by atoms with Crippen LogP contribution in [-0.4, -0.2) is 23.2 Å². The minimum atomic E-state index is -0.493. The summed E-state index contributed by atoms with van der Waals surface area (Å²) in [6.07, 6.45) is 5.23. The first-order valence-electron chi connectivity index (χ1n) is 6.24. The number of rotatable bonds is 2. The number of nitrogens with one attached hydrogen (secondary N) is 1. The van der Waals surface area contributed by atoms with Gasteiger partial charge in [0, 0.05) is 6.07 Å². The van der Waals surface area contributed by atoms with Crippen LogP contribution in [0.3, 0.4) is 0 Å². The lowest BCUT2D eigenvalue weighted by molar-refractivity contribution is 0.0816. The van der Waals surface area contributed by atoms with E-state index >= 15 is 0 Å². The Labute approximate surface area is 105 Å². The molecule has 0 bridgehead atoms. The number of carbonyl (C=O) groups is 1. The van der Waals surface area contributed by atoms with Gasteiger partial charge in [-0.2, -0.15) is 0 Å². The van der Waals surface area contributed by atoms with Gasteiger partial charge in [-0.15, -0.1) is 0 Å². The Morgan fingerprint density at radius 1 is 1.28 bits per heavy atom. The summed E-state index contributed by atoms with van der Waals surface area (Å²) in [5, 5.41) is 12.7. The predicted octanol–water partition coefficient (Wildman–Crippen LogP) is 1.06. The fourth-order valence-corrected chi connectivity index (χ4v) is 2.20. The highest BCUT2D eigenvalue weighted by atomic mass is 16.4. The summed E-state index contributed by atoms with van der Waals surface area (Å²) in [4.78, 5) is 22.7. The molecule has 1 aromatic heterocycles. The minimum Gasteiger partial charge on any atom is -0.430 e. The van der Waals surface area contributed by atoms with E-state index in [9.17, 15) is 14.7 Å². The van der Waals surface area contributed by atoms with E-state index in [4.69, 9.17) is 0 Å². The standard InChI is InChI=1S/C13H17NO4/c15-11-5-3-1-2-4-10(11)14-13(17)9-6-7-12(16)18-8-9/h6-8,10-11,15H,1-5H2,(H,14,17). The molecule has 0 aliphatic heterocycles. The minimum absolute atomic E-state index is 0.216. The summed E-state index contributed by atoms with van der Waals surface area (Å²) >= 11 is 0. The Bertz CT molecular complexity index is 448. The van der Waals surface area contributed by atoms with Gasteiger partial charge >= 0.3 is 5.63 Å². The Morgan fingerprint density at radius 2 is 2.06 bits per heavy atom. The van der Waals surface area contributed by atoms with Gasteiger partial charge in [0.1, 0.15) is 6.26 Å². The lowest BCUT2D eigenvalue weighted by Crippen LogP contribution is -2.42. The molecule has 1 aromatic rings. The number of hydrogen-bond donors (Lipinski definition) is 2. The van der Waals surface area contributed by atoms with Gasteiger partial charge in [-0.25, -0.2) is 4.79 Å². The highest BCUT2D eigenvalue weighted by Gasteiger charge is 2.23. The smallest absolute Gasteiger partial charge is 0.335 e. The van der Waals surface area contributed by atoms with Gasteiger partial charge in [0.15, 0.2) is 0 Å². The van der Waals surface area contributed by atoms with Crippen LogP contribution >= 0.6 is 0 Å². The van der Waals surface area contributed by atoms with Crippen LogP contribution in [-0.2, 0) is 0 Å². The first-order valence-corrected chi connectivity index (χ1v) is 6.24. The van der Waals surface area contributed by atoms with Crippen molar-refractivity contribution < 1.29 is 14.3 Å². The lowest BCUT2D eigenvalue weighted by atomic mass is 10.1. The molecule has 1 aliphatic rings. The fourth-order valence-electron chi connectivity index (χ4n) is 2.20. The molecular formula is C13H17NO4. The zero-order chi connectivity index (χ0) is 13.0. The Balaban J connectivity index is 2.01. The van der Waals surface area contributed by atoms with Gasteiger partial charge in [-0.1, -0.05) is 19.3 Å². The third-order valence-electron chi connectivity index (χ3n) is 3.26. The normalized spacial score (nSPS) is 24.3. The maximum atomic E-state index is 11.9. The van der Waals surface area contributed by atoms with Crippen LogP contribution < -0.4 is 10.9 Å². The Kier molecular flexibility index (Phi) is 4.15. The van der Waals surface area contributed by atoms with Crippen molar-refractivity contribution in [3.05, 3.63) is 34.4 Å². The van der Waals surface area contributed by atoms with Crippen LogP contribution in [0.15, 0.2) is 27.6 Å². The van der Waals surface area contributed by atoms with Crippen LogP contribution in [0.1, 0.15) is 42.5 Å². The Hall–Kier alpha value is -1.62. The molecule has 1 saturated carbocycles. The van der Waals surface area contributed by atoms with Crippen molar-refractivity contribution in [1.82, 2.24) is 5.32 Å². The molecule has 1 amide bonds. The molecule has 1 fully saturated rings.